The third-order valence-corrected chi connectivity index (χ3v) is 1.75. The molecular formula is C9H8FN3O. The summed E-state index contributed by atoms with van der Waals surface area (Å²) in [5, 5.41) is 3.57. The van der Waals surface area contributed by atoms with Crippen LogP contribution in [0.4, 0.5) is 10.1 Å². The lowest BCUT2D eigenvalue weighted by Gasteiger charge is -1.98. The van der Waals surface area contributed by atoms with Gasteiger partial charge < -0.3 is 10.3 Å². The van der Waals surface area contributed by atoms with Crippen LogP contribution in [-0.4, -0.2) is 10.1 Å². The molecule has 4 nitrogen and oxygen atoms in total. The summed E-state index contributed by atoms with van der Waals surface area (Å²) in [7, 11) is 0. The number of hydrogen-bond acceptors (Lipinski definition) is 4. The summed E-state index contributed by atoms with van der Waals surface area (Å²) in [6.45, 7) is 1.66. The van der Waals surface area contributed by atoms with Gasteiger partial charge in [0.25, 0.3) is 5.89 Å². The van der Waals surface area contributed by atoms with E-state index in [0.29, 0.717) is 11.5 Å². The Balaban J connectivity index is 2.55. The highest BCUT2D eigenvalue weighted by Gasteiger charge is 2.11. The van der Waals surface area contributed by atoms with Crippen LogP contribution in [0.1, 0.15) is 5.82 Å². The standard InChI is InChI=1S/C9H8FN3O/c1-5-12-9(14-13-5)7-4-6(11)2-3-8(7)10/h2-4H,11H2,1H3. The van der Waals surface area contributed by atoms with Crippen LogP contribution in [-0.2, 0) is 0 Å². The van der Waals surface area contributed by atoms with E-state index in [1.54, 1.807) is 6.92 Å². The van der Waals surface area contributed by atoms with Crippen LogP contribution < -0.4 is 5.73 Å². The first-order valence-electron chi connectivity index (χ1n) is 4.02. The number of aryl methyl sites for hydroxylation is 1. The van der Waals surface area contributed by atoms with E-state index >= 15 is 0 Å². The molecular weight excluding hydrogens is 185 g/mol. The Morgan fingerprint density at radius 2 is 2.21 bits per heavy atom. The minimum absolute atomic E-state index is 0.146. The number of aromatic nitrogens is 2. The molecule has 0 aliphatic heterocycles. The lowest BCUT2D eigenvalue weighted by Crippen LogP contribution is -1.89. The quantitative estimate of drug-likeness (QED) is 0.701. The van der Waals surface area contributed by atoms with Gasteiger partial charge in [0.15, 0.2) is 5.82 Å². The Labute approximate surface area is 79.5 Å². The Morgan fingerprint density at radius 1 is 1.43 bits per heavy atom. The van der Waals surface area contributed by atoms with E-state index in [9.17, 15) is 4.39 Å². The van der Waals surface area contributed by atoms with Crippen molar-refractivity contribution in [2.75, 3.05) is 5.73 Å². The van der Waals surface area contributed by atoms with Crippen molar-refractivity contribution >= 4 is 5.69 Å². The first-order chi connectivity index (χ1) is 6.66. The predicted octanol–water partition coefficient (Wildman–Crippen LogP) is 1.77. The molecule has 1 aromatic carbocycles. The maximum absolute atomic E-state index is 13.3. The molecule has 0 radical (unpaired) electrons. The Bertz CT molecular complexity index is 467. The fourth-order valence-corrected chi connectivity index (χ4v) is 1.11. The molecule has 0 spiro atoms. The third-order valence-electron chi connectivity index (χ3n) is 1.75. The third kappa shape index (κ3) is 1.44. The van der Waals surface area contributed by atoms with Crippen LogP contribution in [0.2, 0.25) is 0 Å². The van der Waals surface area contributed by atoms with Gasteiger partial charge in [-0.2, -0.15) is 4.98 Å². The summed E-state index contributed by atoms with van der Waals surface area (Å²) in [5.41, 5.74) is 6.20. The fraction of sp³-hybridized carbons (Fsp3) is 0.111. The average Bonchev–Trinajstić information content (AvgIpc) is 2.56. The minimum atomic E-state index is -0.428. The van der Waals surface area contributed by atoms with E-state index in [0.717, 1.165) is 0 Å². The number of benzene rings is 1. The smallest absolute Gasteiger partial charge is 0.260 e. The van der Waals surface area contributed by atoms with Crippen molar-refractivity contribution in [1.82, 2.24) is 10.1 Å². The average molecular weight is 193 g/mol. The molecule has 0 aliphatic carbocycles. The van der Waals surface area contributed by atoms with E-state index < -0.39 is 5.82 Å². The molecule has 0 amide bonds. The molecule has 1 heterocycles. The van der Waals surface area contributed by atoms with Crippen LogP contribution in [0, 0.1) is 12.7 Å². The van der Waals surface area contributed by atoms with Crippen LogP contribution >= 0.6 is 0 Å². The molecule has 2 aromatic rings. The summed E-state index contributed by atoms with van der Waals surface area (Å²) < 4.78 is 18.1. The van der Waals surface area contributed by atoms with Crippen molar-refractivity contribution in [2.45, 2.75) is 6.92 Å². The number of nitrogens with zero attached hydrogens (tertiary/aromatic N) is 2. The van der Waals surface area contributed by atoms with Crippen LogP contribution in [0.25, 0.3) is 11.5 Å². The number of nitrogens with two attached hydrogens (primary N) is 1. The Hall–Kier alpha value is -1.91. The molecule has 5 heteroatoms. The van der Waals surface area contributed by atoms with E-state index in [-0.39, 0.29) is 11.5 Å². The number of halogens is 1. The maximum atomic E-state index is 13.3. The molecule has 0 bridgehead atoms. The molecule has 0 saturated heterocycles. The van der Waals surface area contributed by atoms with Crippen molar-refractivity contribution in [3.05, 3.63) is 29.8 Å². The Kier molecular flexibility index (Phi) is 1.92. The summed E-state index contributed by atoms with van der Waals surface area (Å²) >= 11 is 0. The van der Waals surface area contributed by atoms with Gasteiger partial charge in [0.2, 0.25) is 0 Å². The van der Waals surface area contributed by atoms with Crippen molar-refractivity contribution < 1.29 is 8.91 Å². The monoisotopic (exact) mass is 193 g/mol. The van der Waals surface area contributed by atoms with Gasteiger partial charge in [-0.1, -0.05) is 5.16 Å². The second-order valence-corrected chi connectivity index (χ2v) is 2.89. The molecule has 2 N–H and O–H groups in total. The Morgan fingerprint density at radius 3 is 2.86 bits per heavy atom. The van der Waals surface area contributed by atoms with Crippen molar-refractivity contribution in [2.24, 2.45) is 0 Å². The predicted molar refractivity (Wildman–Crippen MR) is 48.8 cm³/mol. The zero-order valence-electron chi connectivity index (χ0n) is 7.49. The molecule has 0 fully saturated rings. The van der Waals surface area contributed by atoms with Crippen LogP contribution in [0.3, 0.4) is 0 Å². The summed E-state index contributed by atoms with van der Waals surface area (Å²) in [6.07, 6.45) is 0. The second-order valence-electron chi connectivity index (χ2n) is 2.89. The lowest BCUT2D eigenvalue weighted by atomic mass is 10.2. The van der Waals surface area contributed by atoms with Gasteiger partial charge in [-0.15, -0.1) is 0 Å². The zero-order chi connectivity index (χ0) is 10.1. The van der Waals surface area contributed by atoms with Gasteiger partial charge in [0, 0.05) is 5.69 Å². The molecule has 0 unspecified atom stereocenters. The van der Waals surface area contributed by atoms with E-state index in [4.69, 9.17) is 10.3 Å². The number of hydrogen-bond donors (Lipinski definition) is 1. The highest BCUT2D eigenvalue weighted by molar-refractivity contribution is 5.60. The van der Waals surface area contributed by atoms with E-state index in [1.165, 1.54) is 18.2 Å². The normalized spacial score (nSPS) is 10.4. The SMILES string of the molecule is Cc1noc(-c2cc(N)ccc2F)n1. The highest BCUT2D eigenvalue weighted by atomic mass is 19.1. The molecule has 72 valence electrons. The van der Waals surface area contributed by atoms with Crippen molar-refractivity contribution in [3.8, 4) is 11.5 Å². The minimum Gasteiger partial charge on any atom is -0.399 e. The number of anilines is 1. The fourth-order valence-electron chi connectivity index (χ4n) is 1.11. The number of nitrogen functional groups attached to an aromatic ring is 1. The van der Waals surface area contributed by atoms with E-state index in [1.807, 2.05) is 0 Å². The summed E-state index contributed by atoms with van der Waals surface area (Å²) in [6, 6.07) is 4.20. The van der Waals surface area contributed by atoms with Crippen LogP contribution in [0.15, 0.2) is 22.7 Å². The van der Waals surface area contributed by atoms with Gasteiger partial charge in [-0.05, 0) is 25.1 Å². The van der Waals surface area contributed by atoms with Crippen LogP contribution in [0.5, 0.6) is 0 Å². The first kappa shape index (κ1) is 8.68. The first-order valence-corrected chi connectivity index (χ1v) is 4.02. The largest absolute Gasteiger partial charge is 0.399 e. The van der Waals surface area contributed by atoms with Gasteiger partial charge in [0.1, 0.15) is 5.82 Å². The molecule has 2 rings (SSSR count). The zero-order valence-corrected chi connectivity index (χ0v) is 7.49. The maximum Gasteiger partial charge on any atom is 0.260 e. The van der Waals surface area contributed by atoms with Crippen molar-refractivity contribution in [3.63, 3.8) is 0 Å². The van der Waals surface area contributed by atoms with Gasteiger partial charge in [-0.3, -0.25) is 0 Å². The van der Waals surface area contributed by atoms with E-state index in [2.05, 4.69) is 10.1 Å². The van der Waals surface area contributed by atoms with Gasteiger partial charge in [-0.25, -0.2) is 4.39 Å². The lowest BCUT2D eigenvalue weighted by molar-refractivity contribution is 0.423. The molecule has 1 aromatic heterocycles. The molecule has 0 atom stereocenters. The topological polar surface area (TPSA) is 64.9 Å². The molecule has 14 heavy (non-hydrogen) atoms. The van der Waals surface area contributed by atoms with Gasteiger partial charge >= 0.3 is 0 Å². The summed E-state index contributed by atoms with van der Waals surface area (Å²) in [4.78, 5) is 3.91. The second kappa shape index (κ2) is 3.10. The molecule has 0 aliphatic rings. The summed E-state index contributed by atoms with van der Waals surface area (Å²) in [5.74, 6) is 0.178. The molecule has 0 saturated carbocycles. The van der Waals surface area contributed by atoms with Gasteiger partial charge in [0.05, 0.1) is 5.56 Å². The van der Waals surface area contributed by atoms with Crippen molar-refractivity contribution in [1.29, 1.82) is 0 Å². The highest BCUT2D eigenvalue weighted by Crippen LogP contribution is 2.22. The number of rotatable bonds is 1.